The molecule has 0 bridgehead atoms. The van der Waals surface area contributed by atoms with Gasteiger partial charge < -0.3 is 11.1 Å². The Morgan fingerprint density at radius 2 is 2.10 bits per heavy atom. The molecule has 3 N–H and O–H groups in total. The van der Waals surface area contributed by atoms with Gasteiger partial charge in [0.05, 0.1) is 23.0 Å². The molecule has 1 unspecified atom stereocenters. The van der Waals surface area contributed by atoms with Crippen LogP contribution in [0.5, 0.6) is 0 Å². The number of carbonyl (C=O) groups is 1. The molecule has 5 heteroatoms. The van der Waals surface area contributed by atoms with Gasteiger partial charge in [-0.15, -0.1) is 0 Å². The van der Waals surface area contributed by atoms with Crippen LogP contribution in [-0.2, 0) is 6.42 Å². The van der Waals surface area contributed by atoms with E-state index >= 15 is 0 Å². The largest absolute Gasteiger partial charge is 0.399 e. The van der Waals surface area contributed by atoms with Crippen LogP contribution in [0.3, 0.4) is 0 Å². The molecule has 3 rings (SSSR count). The van der Waals surface area contributed by atoms with Gasteiger partial charge in [0.2, 0.25) is 0 Å². The average Bonchev–Trinajstić information content (AvgIpc) is 2.83. The smallest absolute Gasteiger partial charge is 0.253 e. The molecule has 2 aromatic rings. The van der Waals surface area contributed by atoms with Crippen molar-refractivity contribution in [2.45, 2.75) is 32.7 Å². The zero-order valence-corrected chi connectivity index (χ0v) is 12.2. The minimum absolute atomic E-state index is 0.0426. The molecule has 1 aliphatic rings. The Hall–Kier alpha value is -2.43. The standard InChI is InChI=1S/C16H18N4O/c1-9-7-14(10(2)20-19-9)16(21)18-15-6-3-11-8-12(17)4-5-13(11)15/h4-5,7-8,15H,3,6,17H2,1-2H3,(H,18,21). The Bertz CT molecular complexity index is 711. The first-order valence-corrected chi connectivity index (χ1v) is 7.04. The third-order valence-electron chi connectivity index (χ3n) is 3.90. The van der Waals surface area contributed by atoms with Crippen LogP contribution in [0.2, 0.25) is 0 Å². The SMILES string of the molecule is Cc1cc(C(=O)NC2CCc3cc(N)ccc32)c(C)nn1. The number of hydrogen-bond acceptors (Lipinski definition) is 4. The Morgan fingerprint density at radius 1 is 1.29 bits per heavy atom. The minimum Gasteiger partial charge on any atom is -0.399 e. The van der Waals surface area contributed by atoms with Crippen LogP contribution in [-0.4, -0.2) is 16.1 Å². The van der Waals surface area contributed by atoms with Crippen molar-refractivity contribution in [1.82, 2.24) is 15.5 Å². The van der Waals surface area contributed by atoms with E-state index in [2.05, 4.69) is 15.5 Å². The maximum Gasteiger partial charge on any atom is 0.253 e. The molecule has 1 heterocycles. The van der Waals surface area contributed by atoms with Gasteiger partial charge in [0, 0.05) is 5.69 Å². The number of nitrogens with zero attached hydrogens (tertiary/aromatic N) is 2. The number of benzene rings is 1. The summed E-state index contributed by atoms with van der Waals surface area (Å²) in [6, 6.07) is 7.69. The number of nitrogens with one attached hydrogen (secondary N) is 1. The molecular weight excluding hydrogens is 264 g/mol. The maximum absolute atomic E-state index is 12.4. The predicted molar refractivity (Wildman–Crippen MR) is 80.9 cm³/mol. The molecule has 1 aromatic heterocycles. The summed E-state index contributed by atoms with van der Waals surface area (Å²) in [5, 5.41) is 11.0. The fourth-order valence-corrected chi connectivity index (χ4v) is 2.80. The number of nitrogen functional groups attached to an aromatic ring is 1. The Labute approximate surface area is 123 Å². The zero-order valence-electron chi connectivity index (χ0n) is 12.2. The van der Waals surface area contributed by atoms with Crippen LogP contribution in [0.1, 0.15) is 45.3 Å². The molecule has 1 aromatic carbocycles. The topological polar surface area (TPSA) is 80.9 Å². The first kappa shape index (κ1) is 13.5. The molecule has 5 nitrogen and oxygen atoms in total. The van der Waals surface area contributed by atoms with Crippen molar-refractivity contribution in [3.8, 4) is 0 Å². The summed E-state index contributed by atoms with van der Waals surface area (Å²) in [5.74, 6) is -0.0971. The van der Waals surface area contributed by atoms with E-state index in [4.69, 9.17) is 5.73 Å². The van der Waals surface area contributed by atoms with E-state index in [1.807, 2.05) is 25.1 Å². The summed E-state index contributed by atoms with van der Waals surface area (Å²) in [4.78, 5) is 12.4. The number of aryl methyl sites for hydroxylation is 3. The number of amides is 1. The van der Waals surface area contributed by atoms with Crippen LogP contribution in [0.15, 0.2) is 24.3 Å². The quantitative estimate of drug-likeness (QED) is 0.826. The van der Waals surface area contributed by atoms with Gasteiger partial charge >= 0.3 is 0 Å². The van der Waals surface area contributed by atoms with Gasteiger partial charge in [-0.1, -0.05) is 6.07 Å². The summed E-state index contributed by atoms with van der Waals surface area (Å²) < 4.78 is 0. The molecule has 21 heavy (non-hydrogen) atoms. The van der Waals surface area contributed by atoms with Crippen LogP contribution in [0.25, 0.3) is 0 Å². The first-order valence-electron chi connectivity index (χ1n) is 7.04. The Morgan fingerprint density at radius 3 is 2.90 bits per heavy atom. The Kier molecular flexibility index (Phi) is 3.33. The second kappa shape index (κ2) is 5.16. The van der Waals surface area contributed by atoms with Crippen molar-refractivity contribution in [3.05, 3.63) is 52.3 Å². The third-order valence-corrected chi connectivity index (χ3v) is 3.90. The lowest BCUT2D eigenvalue weighted by molar-refractivity contribution is 0.0935. The number of rotatable bonds is 2. The highest BCUT2D eigenvalue weighted by Crippen LogP contribution is 2.32. The molecule has 0 saturated carbocycles. The lowest BCUT2D eigenvalue weighted by atomic mass is 10.1. The van der Waals surface area contributed by atoms with Gasteiger partial charge in [0.25, 0.3) is 5.91 Å². The summed E-state index contributed by atoms with van der Waals surface area (Å²) in [5.41, 5.74) is 10.9. The van der Waals surface area contributed by atoms with E-state index in [0.717, 1.165) is 29.8 Å². The Balaban J connectivity index is 1.82. The monoisotopic (exact) mass is 282 g/mol. The molecular formula is C16H18N4O. The summed E-state index contributed by atoms with van der Waals surface area (Å²) in [6.45, 7) is 3.63. The maximum atomic E-state index is 12.4. The van der Waals surface area contributed by atoms with Gasteiger partial charge in [-0.3, -0.25) is 4.79 Å². The molecule has 108 valence electrons. The molecule has 0 radical (unpaired) electrons. The average molecular weight is 282 g/mol. The predicted octanol–water partition coefficient (Wildman–Crippen LogP) is 2.09. The van der Waals surface area contributed by atoms with E-state index in [1.54, 1.807) is 13.0 Å². The molecule has 1 atom stereocenters. The van der Waals surface area contributed by atoms with E-state index < -0.39 is 0 Å². The summed E-state index contributed by atoms with van der Waals surface area (Å²) in [6.07, 6.45) is 1.85. The van der Waals surface area contributed by atoms with E-state index in [0.29, 0.717) is 11.3 Å². The second-order valence-corrected chi connectivity index (χ2v) is 5.51. The van der Waals surface area contributed by atoms with Crippen molar-refractivity contribution in [1.29, 1.82) is 0 Å². The lowest BCUT2D eigenvalue weighted by Crippen LogP contribution is -2.28. The van der Waals surface area contributed by atoms with Crippen LogP contribution >= 0.6 is 0 Å². The fraction of sp³-hybridized carbons (Fsp3) is 0.312. The van der Waals surface area contributed by atoms with E-state index in [1.165, 1.54) is 5.56 Å². The van der Waals surface area contributed by atoms with Crippen molar-refractivity contribution < 1.29 is 4.79 Å². The second-order valence-electron chi connectivity index (χ2n) is 5.51. The number of nitrogens with two attached hydrogens (primary N) is 1. The number of anilines is 1. The summed E-state index contributed by atoms with van der Waals surface area (Å²) >= 11 is 0. The van der Waals surface area contributed by atoms with Gasteiger partial charge in [0.15, 0.2) is 0 Å². The number of hydrogen-bond donors (Lipinski definition) is 2. The number of aromatic nitrogens is 2. The van der Waals surface area contributed by atoms with Crippen molar-refractivity contribution in [2.75, 3.05) is 5.73 Å². The van der Waals surface area contributed by atoms with Crippen LogP contribution in [0, 0.1) is 13.8 Å². The van der Waals surface area contributed by atoms with Crippen molar-refractivity contribution in [2.24, 2.45) is 0 Å². The summed E-state index contributed by atoms with van der Waals surface area (Å²) in [7, 11) is 0. The molecule has 0 spiro atoms. The molecule has 1 aliphatic carbocycles. The van der Waals surface area contributed by atoms with E-state index in [-0.39, 0.29) is 11.9 Å². The third kappa shape index (κ3) is 2.59. The normalized spacial score (nSPS) is 16.6. The first-order chi connectivity index (χ1) is 10.0. The molecule has 1 amide bonds. The lowest BCUT2D eigenvalue weighted by Gasteiger charge is -2.15. The van der Waals surface area contributed by atoms with Crippen LogP contribution in [0.4, 0.5) is 5.69 Å². The highest BCUT2D eigenvalue weighted by Gasteiger charge is 2.25. The number of carbonyl (C=O) groups excluding carboxylic acids is 1. The van der Waals surface area contributed by atoms with Gasteiger partial charge in [-0.05, 0) is 56.0 Å². The van der Waals surface area contributed by atoms with Gasteiger partial charge in [0.1, 0.15) is 0 Å². The highest BCUT2D eigenvalue weighted by molar-refractivity contribution is 5.95. The fourth-order valence-electron chi connectivity index (χ4n) is 2.80. The molecule has 0 aliphatic heterocycles. The van der Waals surface area contributed by atoms with Gasteiger partial charge in [-0.25, -0.2) is 0 Å². The van der Waals surface area contributed by atoms with Gasteiger partial charge in [-0.2, -0.15) is 10.2 Å². The van der Waals surface area contributed by atoms with E-state index in [9.17, 15) is 4.79 Å². The molecule has 0 saturated heterocycles. The van der Waals surface area contributed by atoms with Crippen molar-refractivity contribution >= 4 is 11.6 Å². The highest BCUT2D eigenvalue weighted by atomic mass is 16.1. The minimum atomic E-state index is -0.0971. The zero-order chi connectivity index (χ0) is 15.0. The molecule has 0 fully saturated rings. The van der Waals surface area contributed by atoms with Crippen LogP contribution < -0.4 is 11.1 Å². The number of fused-ring (bicyclic) bond motifs is 1. The van der Waals surface area contributed by atoms with Crippen molar-refractivity contribution in [3.63, 3.8) is 0 Å².